The molecule has 0 bridgehead atoms. The van der Waals surface area contributed by atoms with Gasteiger partial charge in [-0.05, 0) is 20.8 Å². The Morgan fingerprint density at radius 3 is 2.56 bits per heavy atom. The molecule has 4 heteroatoms. The Labute approximate surface area is 96.6 Å². The molecule has 0 unspecified atom stereocenters. The Kier molecular flexibility index (Phi) is 3.82. The van der Waals surface area contributed by atoms with Crippen LogP contribution < -0.4 is 0 Å². The number of aliphatic hydroxyl groups excluding tert-OH is 1. The molecule has 1 aliphatic rings. The zero-order valence-corrected chi connectivity index (χ0v) is 10.1. The van der Waals surface area contributed by atoms with E-state index in [1.165, 1.54) is 0 Å². The van der Waals surface area contributed by atoms with Crippen LogP contribution in [0, 0.1) is 24.2 Å². The molecule has 90 valence electrons. The number of rotatable bonds is 1. The largest absolute Gasteiger partial charge is 0.444 e. The lowest BCUT2D eigenvalue weighted by Gasteiger charge is -2.24. The molecule has 0 radical (unpaired) electrons. The zero-order valence-electron chi connectivity index (χ0n) is 10.1. The summed E-state index contributed by atoms with van der Waals surface area (Å²) in [5.41, 5.74) is -0.500. The fraction of sp³-hybridized carbons (Fsp3) is 0.750. The number of aliphatic hydroxyl groups is 1. The van der Waals surface area contributed by atoms with Gasteiger partial charge < -0.3 is 14.7 Å². The molecule has 1 saturated heterocycles. The van der Waals surface area contributed by atoms with Crippen molar-refractivity contribution in [3.63, 3.8) is 0 Å². The van der Waals surface area contributed by atoms with E-state index in [1.54, 1.807) is 4.90 Å². The molecule has 1 fully saturated rings. The van der Waals surface area contributed by atoms with Gasteiger partial charge in [0.15, 0.2) is 0 Å². The highest BCUT2D eigenvalue weighted by Crippen LogP contribution is 2.24. The third kappa shape index (κ3) is 3.14. The first-order chi connectivity index (χ1) is 7.37. The van der Waals surface area contributed by atoms with Gasteiger partial charge >= 0.3 is 6.09 Å². The van der Waals surface area contributed by atoms with Gasteiger partial charge in [-0.15, -0.1) is 12.3 Å². The lowest BCUT2D eigenvalue weighted by Crippen LogP contribution is -2.35. The van der Waals surface area contributed by atoms with E-state index in [9.17, 15) is 4.79 Å². The van der Waals surface area contributed by atoms with E-state index >= 15 is 0 Å². The van der Waals surface area contributed by atoms with Gasteiger partial charge in [0.25, 0.3) is 0 Å². The molecule has 4 nitrogen and oxygen atoms in total. The summed E-state index contributed by atoms with van der Waals surface area (Å²) in [6.07, 6.45) is 4.99. The fourth-order valence-corrected chi connectivity index (χ4v) is 1.72. The lowest BCUT2D eigenvalue weighted by molar-refractivity contribution is 0.0282. The minimum atomic E-state index is -0.500. The Hall–Kier alpha value is -1.21. The minimum Gasteiger partial charge on any atom is -0.444 e. The van der Waals surface area contributed by atoms with E-state index in [-0.39, 0.29) is 24.5 Å². The number of amides is 1. The highest BCUT2D eigenvalue weighted by atomic mass is 16.6. The molecular weight excluding hydrogens is 206 g/mol. The van der Waals surface area contributed by atoms with Crippen molar-refractivity contribution >= 4 is 6.09 Å². The first-order valence-corrected chi connectivity index (χ1v) is 5.42. The van der Waals surface area contributed by atoms with Crippen LogP contribution in [0.3, 0.4) is 0 Å². The third-order valence-electron chi connectivity index (χ3n) is 2.54. The van der Waals surface area contributed by atoms with Gasteiger partial charge in [0, 0.05) is 31.5 Å². The molecule has 1 amide bonds. The molecular formula is C12H19NO3. The van der Waals surface area contributed by atoms with Gasteiger partial charge in [-0.25, -0.2) is 4.79 Å². The van der Waals surface area contributed by atoms with Crippen LogP contribution in [0.25, 0.3) is 0 Å². The van der Waals surface area contributed by atoms with E-state index in [0.29, 0.717) is 13.1 Å². The van der Waals surface area contributed by atoms with Crippen molar-refractivity contribution in [2.45, 2.75) is 26.4 Å². The number of hydrogen-bond acceptors (Lipinski definition) is 3. The quantitative estimate of drug-likeness (QED) is 0.680. The summed E-state index contributed by atoms with van der Waals surface area (Å²) in [5, 5.41) is 9.13. The van der Waals surface area contributed by atoms with Crippen molar-refractivity contribution in [3.8, 4) is 12.3 Å². The molecule has 0 aromatic rings. The number of hydrogen-bond donors (Lipinski definition) is 1. The van der Waals surface area contributed by atoms with Gasteiger partial charge in [-0.2, -0.15) is 0 Å². The van der Waals surface area contributed by atoms with Crippen LogP contribution in [-0.2, 0) is 4.74 Å². The molecule has 0 aliphatic carbocycles. The molecule has 1 N–H and O–H groups in total. The molecule has 1 aliphatic heterocycles. The topological polar surface area (TPSA) is 49.8 Å². The van der Waals surface area contributed by atoms with Crippen molar-refractivity contribution < 1.29 is 14.6 Å². The van der Waals surface area contributed by atoms with Gasteiger partial charge in [-0.3, -0.25) is 0 Å². The molecule has 16 heavy (non-hydrogen) atoms. The highest BCUT2D eigenvalue weighted by Gasteiger charge is 2.35. The Morgan fingerprint density at radius 1 is 1.56 bits per heavy atom. The Balaban J connectivity index is 2.58. The van der Waals surface area contributed by atoms with Gasteiger partial charge in [0.2, 0.25) is 0 Å². The van der Waals surface area contributed by atoms with Crippen LogP contribution in [0.4, 0.5) is 4.79 Å². The zero-order chi connectivity index (χ0) is 12.3. The number of carbonyl (C=O) groups excluding carboxylic acids is 1. The van der Waals surface area contributed by atoms with E-state index < -0.39 is 5.60 Å². The van der Waals surface area contributed by atoms with Gasteiger partial charge in [0.05, 0.1) is 0 Å². The smallest absolute Gasteiger partial charge is 0.410 e. The normalized spacial score (nSPS) is 25.3. The number of carbonyl (C=O) groups is 1. The van der Waals surface area contributed by atoms with Crippen LogP contribution in [0.2, 0.25) is 0 Å². The maximum Gasteiger partial charge on any atom is 0.410 e. The van der Waals surface area contributed by atoms with Crippen LogP contribution in [-0.4, -0.2) is 41.4 Å². The van der Waals surface area contributed by atoms with E-state index in [1.807, 2.05) is 20.8 Å². The lowest BCUT2D eigenvalue weighted by atomic mass is 9.98. The molecule has 1 heterocycles. The maximum atomic E-state index is 11.7. The van der Waals surface area contributed by atoms with Crippen LogP contribution in [0.1, 0.15) is 20.8 Å². The Bertz CT molecular complexity index is 300. The summed E-state index contributed by atoms with van der Waals surface area (Å²) >= 11 is 0. The maximum absolute atomic E-state index is 11.7. The summed E-state index contributed by atoms with van der Waals surface area (Å²) in [7, 11) is 0. The molecule has 2 atom stereocenters. The van der Waals surface area contributed by atoms with Crippen LogP contribution in [0.15, 0.2) is 0 Å². The summed E-state index contributed by atoms with van der Waals surface area (Å²) in [5.74, 6) is 2.50. The predicted octanol–water partition coefficient (Wildman–Crippen LogP) is 1.09. The Morgan fingerprint density at radius 2 is 2.19 bits per heavy atom. The average Bonchev–Trinajstić information content (AvgIpc) is 2.57. The third-order valence-corrected chi connectivity index (χ3v) is 2.54. The average molecular weight is 225 g/mol. The molecule has 0 aromatic carbocycles. The summed E-state index contributed by atoms with van der Waals surface area (Å²) < 4.78 is 5.24. The molecule has 0 aromatic heterocycles. The first kappa shape index (κ1) is 12.9. The fourth-order valence-electron chi connectivity index (χ4n) is 1.72. The minimum absolute atomic E-state index is 0.00810. The second kappa shape index (κ2) is 4.75. The van der Waals surface area contributed by atoms with Gasteiger partial charge in [-0.1, -0.05) is 0 Å². The van der Waals surface area contributed by atoms with Gasteiger partial charge in [0.1, 0.15) is 5.60 Å². The monoisotopic (exact) mass is 225 g/mol. The first-order valence-electron chi connectivity index (χ1n) is 5.42. The summed E-state index contributed by atoms with van der Waals surface area (Å²) in [6.45, 7) is 6.42. The molecule has 1 rings (SSSR count). The van der Waals surface area contributed by atoms with E-state index in [0.717, 1.165) is 0 Å². The standard InChI is InChI=1S/C12H19NO3/c1-5-9-6-13(7-10(9)8-14)11(15)16-12(2,3)4/h1,9-10,14H,6-8H2,2-4H3/t9-,10-/m1/s1. The van der Waals surface area contributed by atoms with Crippen LogP contribution >= 0.6 is 0 Å². The number of nitrogens with zero attached hydrogens (tertiary/aromatic N) is 1. The molecule has 0 saturated carbocycles. The summed E-state index contributed by atoms with van der Waals surface area (Å²) in [4.78, 5) is 13.3. The highest BCUT2D eigenvalue weighted by molar-refractivity contribution is 5.68. The second-order valence-corrected chi connectivity index (χ2v) is 5.10. The summed E-state index contributed by atoms with van der Waals surface area (Å²) in [6, 6.07) is 0. The second-order valence-electron chi connectivity index (χ2n) is 5.10. The van der Waals surface area contributed by atoms with Crippen LogP contribution in [0.5, 0.6) is 0 Å². The van der Waals surface area contributed by atoms with Crippen molar-refractivity contribution in [3.05, 3.63) is 0 Å². The van der Waals surface area contributed by atoms with Crippen molar-refractivity contribution in [1.29, 1.82) is 0 Å². The number of likely N-dealkylation sites (tertiary alicyclic amines) is 1. The SMILES string of the molecule is C#C[C@@H]1CN(C(=O)OC(C)(C)C)C[C@@H]1CO. The number of terminal acetylenes is 1. The van der Waals surface area contributed by atoms with E-state index in [4.69, 9.17) is 16.3 Å². The van der Waals surface area contributed by atoms with Crippen molar-refractivity contribution in [2.75, 3.05) is 19.7 Å². The van der Waals surface area contributed by atoms with E-state index in [2.05, 4.69) is 5.92 Å². The molecule has 0 spiro atoms. The predicted molar refractivity (Wildman–Crippen MR) is 60.7 cm³/mol. The van der Waals surface area contributed by atoms with Crippen molar-refractivity contribution in [1.82, 2.24) is 4.90 Å². The number of ether oxygens (including phenoxy) is 1. The van der Waals surface area contributed by atoms with Crippen molar-refractivity contribution in [2.24, 2.45) is 11.8 Å².